The van der Waals surface area contributed by atoms with Crippen molar-refractivity contribution in [3.8, 4) is 5.75 Å². The van der Waals surface area contributed by atoms with Gasteiger partial charge < -0.3 is 149 Å². The van der Waals surface area contributed by atoms with E-state index in [1.165, 1.54) is 11.4 Å². The van der Waals surface area contributed by atoms with Gasteiger partial charge in [0.2, 0.25) is 17.4 Å². The molecule has 0 saturated carbocycles. The summed E-state index contributed by atoms with van der Waals surface area (Å²) in [5.41, 5.74) is 21.3. The number of Topliss-reactive ketones (excluding diaryl/α,β-unsaturated/α-hetero) is 1. The number of aromatic nitrogens is 6. The summed E-state index contributed by atoms with van der Waals surface area (Å²) in [6, 6.07) is 13.2. The van der Waals surface area contributed by atoms with Crippen molar-refractivity contribution >= 4 is 78.6 Å². The Morgan fingerprint density at radius 1 is 0.345 bits per heavy atom. The van der Waals surface area contributed by atoms with Gasteiger partial charge in [0.25, 0.3) is 0 Å². The molecule has 2 saturated heterocycles. The number of nitrogen functional groups attached to an aromatic ring is 2. The average Bonchev–Trinajstić information content (AvgIpc) is 1.59. The molecule has 2 aliphatic heterocycles. The minimum Gasteiger partial charge on any atom is -0.420 e. The molecular weight excluding hydrogens is 1850 g/mol. The van der Waals surface area contributed by atoms with Crippen molar-refractivity contribution in [2.45, 2.75) is 111 Å². The fourth-order valence-corrected chi connectivity index (χ4v) is 15.3. The van der Waals surface area contributed by atoms with Crippen LogP contribution in [0.2, 0.25) is 0 Å². The highest BCUT2D eigenvalue weighted by atomic mass is 19.2. The molecule has 6 heterocycles. The van der Waals surface area contributed by atoms with Crippen LogP contribution in [0.5, 0.6) is 5.75 Å². The summed E-state index contributed by atoms with van der Waals surface area (Å²) >= 11 is 0. The van der Waals surface area contributed by atoms with Crippen LogP contribution in [0, 0.1) is 23.3 Å². The van der Waals surface area contributed by atoms with E-state index in [9.17, 15) is 27.2 Å². The minimum absolute atomic E-state index is 0.0212. The highest BCUT2D eigenvalue weighted by molar-refractivity contribution is 6.09. The summed E-state index contributed by atoms with van der Waals surface area (Å²) in [5, 5.41) is 2.26. The number of esters is 1. The van der Waals surface area contributed by atoms with Crippen LogP contribution in [0.3, 0.4) is 0 Å². The number of ketones is 1. The number of nitrogens with zero attached hydrogens (tertiary/aromatic N) is 12. The summed E-state index contributed by atoms with van der Waals surface area (Å²) in [6.45, 7) is 37.8. The van der Waals surface area contributed by atoms with Gasteiger partial charge in [0.15, 0.2) is 23.3 Å². The van der Waals surface area contributed by atoms with Crippen LogP contribution in [0.4, 0.5) is 40.6 Å². The van der Waals surface area contributed by atoms with Crippen molar-refractivity contribution in [3.63, 3.8) is 0 Å². The third kappa shape index (κ3) is 48.0. The van der Waals surface area contributed by atoms with E-state index in [-0.39, 0.29) is 31.7 Å². The number of halogens is 4. The first kappa shape index (κ1) is 120. The lowest BCUT2D eigenvalue weighted by atomic mass is 10.1. The Kier molecular flexibility index (Phi) is 62.7. The van der Waals surface area contributed by atoms with E-state index < -0.39 is 41.4 Å². The Bertz CT molecular complexity index is 4500. The van der Waals surface area contributed by atoms with Crippen molar-refractivity contribution in [3.05, 3.63) is 77.4 Å². The number of fused-ring (bicyclic) bond motifs is 6. The molecule has 804 valence electrons. The first-order chi connectivity index (χ1) is 69.4. The van der Waals surface area contributed by atoms with E-state index in [0.29, 0.717) is 263 Å². The molecule has 7 aromatic rings. The number of pyridine rings is 2. The van der Waals surface area contributed by atoms with E-state index in [0.717, 1.165) is 211 Å². The van der Waals surface area contributed by atoms with Gasteiger partial charge in [-0.05, 0) is 123 Å². The maximum absolute atomic E-state index is 13.6. The van der Waals surface area contributed by atoms with Crippen LogP contribution < -0.4 is 26.0 Å². The van der Waals surface area contributed by atoms with Crippen LogP contribution in [0.25, 0.3) is 43.9 Å². The molecule has 2 fully saturated rings. The number of piperazine rings is 2. The summed E-state index contributed by atoms with van der Waals surface area (Å²) in [5.74, 6) is -6.14. The molecule has 4 N–H and O–H groups in total. The van der Waals surface area contributed by atoms with Crippen molar-refractivity contribution in [1.82, 2.24) is 48.7 Å². The van der Waals surface area contributed by atoms with Gasteiger partial charge in [-0.25, -0.2) is 28.7 Å². The smallest absolute Gasteiger partial charge is 0.313 e. The topological polar surface area (TPSA) is 361 Å². The van der Waals surface area contributed by atoms with Crippen LogP contribution in [-0.2, 0) is 130 Å². The molecule has 0 atom stereocenters. The maximum Gasteiger partial charge on any atom is 0.313 e. The van der Waals surface area contributed by atoms with Crippen molar-refractivity contribution in [1.29, 1.82) is 0 Å². The average molecular weight is 2020 g/mol. The first-order valence-electron chi connectivity index (χ1n) is 50.9. The molecular formula is C101H164F4N14O23. The number of benzene rings is 3. The Morgan fingerprint density at radius 2 is 0.620 bits per heavy atom. The summed E-state index contributed by atoms with van der Waals surface area (Å²) in [4.78, 5) is 56.6. The van der Waals surface area contributed by atoms with Gasteiger partial charge in [-0.15, -0.1) is 0 Å². The van der Waals surface area contributed by atoms with Gasteiger partial charge >= 0.3 is 5.97 Å². The number of aryl methyl sites for hydroxylation is 4. The second-order valence-electron chi connectivity index (χ2n) is 34.7. The van der Waals surface area contributed by atoms with E-state index in [1.807, 2.05) is 0 Å². The lowest BCUT2D eigenvalue weighted by Crippen LogP contribution is -2.44. The number of anilines is 4. The van der Waals surface area contributed by atoms with Gasteiger partial charge in [0.1, 0.15) is 28.5 Å². The van der Waals surface area contributed by atoms with E-state index in [4.69, 9.17) is 126 Å². The fourth-order valence-electron chi connectivity index (χ4n) is 15.3. The SMILES string of the molecule is CCCCc1nc2c(N)nc3ccc(N4CCN(C)CC4)cc3c2n1CCCCN(C)CCOCCOCCOCCOCCOCCOCCOCCOCCOCCOCCC(=O)Oc1c(F)c(F)cc(F)c1F.CCCCc1nc2c(N)nc3ccc(N4CCN(C)CC4)cc3c2n1CCCCN(C)CCOCCOCCOCCOCCOCCOCCOCCOCCOCCOCCC(C)=O. The number of hydrogen-bond donors (Lipinski definition) is 2. The molecule has 4 aromatic heterocycles. The zero-order valence-corrected chi connectivity index (χ0v) is 85.6. The zero-order chi connectivity index (χ0) is 101. The molecule has 0 bridgehead atoms. The van der Waals surface area contributed by atoms with Crippen LogP contribution in [0.1, 0.15) is 96.6 Å². The van der Waals surface area contributed by atoms with Crippen LogP contribution in [0.15, 0.2) is 42.5 Å². The van der Waals surface area contributed by atoms with Gasteiger partial charge in [0.05, 0.1) is 293 Å². The molecule has 0 spiro atoms. The standard InChI is InChI=1S/C53H81F4N7O12.C48H83N7O11/c1-4-5-8-46-60-50-51(42-39-41(9-10-45(42)59-53(50)58)63-16-14-62(3)15-17-63)64(46)13-7-6-12-61(2)18-20-67-22-24-69-26-28-71-30-32-73-34-36-75-38-37-74-35-33-72-31-29-70-27-25-68-23-21-66-19-11-47(65)76-52-48(56)43(54)40-44(55)49(52)57;1-5-6-9-45-51-46-47(43-40-42(10-11-44(43)50-48(46)49)54-17-15-53(4)16-18-54)55(45)14-8-7-13-52(3)19-21-58-23-25-60-27-29-62-31-33-64-35-37-66-39-38-65-36-34-63-32-30-61-28-26-59-24-22-57-20-12-41(2)56/h9-10,39-40H,4-8,11-38H2,1-3H3,(H2,58,59);10-11,40H,5-9,12-39H2,1-4H3,(H2,49,50). The Balaban J connectivity index is 0.000000351. The lowest BCUT2D eigenvalue weighted by molar-refractivity contribution is -0.136. The molecule has 0 radical (unpaired) electrons. The molecule has 9 rings (SSSR count). The number of likely N-dealkylation sites (N-methyl/N-ethyl adjacent to an activating group) is 4. The predicted octanol–water partition coefficient (Wildman–Crippen LogP) is 9.81. The highest BCUT2D eigenvalue weighted by Crippen LogP contribution is 2.36. The first-order valence-corrected chi connectivity index (χ1v) is 50.9. The lowest BCUT2D eigenvalue weighted by Gasteiger charge is -2.34. The normalized spacial score (nSPS) is 13.5. The number of nitrogens with two attached hydrogens (primary N) is 2. The van der Waals surface area contributed by atoms with Crippen LogP contribution >= 0.6 is 0 Å². The van der Waals surface area contributed by atoms with E-state index in [1.54, 1.807) is 6.92 Å². The number of carbonyl (C=O) groups is 2. The second-order valence-corrected chi connectivity index (χ2v) is 34.7. The van der Waals surface area contributed by atoms with Gasteiger partial charge in [0, 0.05) is 126 Å². The highest BCUT2D eigenvalue weighted by Gasteiger charge is 2.26. The van der Waals surface area contributed by atoms with Gasteiger partial charge in [-0.2, -0.15) is 8.78 Å². The molecule has 41 heteroatoms. The molecule has 3 aromatic carbocycles. The molecule has 142 heavy (non-hydrogen) atoms. The van der Waals surface area contributed by atoms with Crippen molar-refractivity contribution in [2.24, 2.45) is 0 Å². The largest absolute Gasteiger partial charge is 0.420 e. The Morgan fingerprint density at radius 3 is 0.901 bits per heavy atom. The summed E-state index contributed by atoms with van der Waals surface area (Å²) < 4.78 is 173. The number of ether oxygens (including phenoxy) is 21. The maximum atomic E-state index is 13.6. The van der Waals surface area contributed by atoms with E-state index >= 15 is 0 Å². The monoisotopic (exact) mass is 2020 g/mol. The number of carbonyl (C=O) groups excluding carboxylic acids is 2. The predicted molar refractivity (Wildman–Crippen MR) is 537 cm³/mol. The number of imidazole rings is 2. The third-order valence-electron chi connectivity index (χ3n) is 23.4. The van der Waals surface area contributed by atoms with Gasteiger partial charge in [-0.3, -0.25) is 9.59 Å². The van der Waals surface area contributed by atoms with E-state index in [2.05, 4.69) is 122 Å². The molecule has 0 unspecified atom stereocenters. The number of rotatable bonds is 85. The zero-order valence-electron chi connectivity index (χ0n) is 85.6. The minimum atomic E-state index is -1.79. The third-order valence-corrected chi connectivity index (χ3v) is 23.4. The number of hydrogen-bond acceptors (Lipinski definition) is 35. The fraction of sp³-hybridized carbons (Fsp3) is 0.723. The quantitative estimate of drug-likeness (QED) is 0.0118. The molecule has 2 aliphatic rings. The molecule has 0 amide bonds. The summed E-state index contributed by atoms with van der Waals surface area (Å²) in [6.07, 6.45) is 10.5. The van der Waals surface area contributed by atoms with Crippen molar-refractivity contribution < 1.29 is 127 Å². The van der Waals surface area contributed by atoms with Crippen molar-refractivity contribution in [2.75, 3.05) is 392 Å². The number of unbranched alkanes of at least 4 members (excludes halogenated alkanes) is 4. The Labute approximate surface area is 836 Å². The molecule has 37 nitrogen and oxygen atoms in total. The summed E-state index contributed by atoms with van der Waals surface area (Å²) in [7, 11) is 8.67. The Hall–Kier alpha value is -7.48. The van der Waals surface area contributed by atoms with Crippen LogP contribution in [-0.4, -0.2) is 431 Å². The molecule has 0 aliphatic carbocycles. The van der Waals surface area contributed by atoms with Gasteiger partial charge in [-0.1, -0.05) is 26.7 Å². The second kappa shape index (κ2) is 74.4.